The van der Waals surface area contributed by atoms with E-state index < -0.39 is 5.60 Å². The molecule has 1 unspecified atom stereocenters. The second kappa shape index (κ2) is 13.6. The van der Waals surface area contributed by atoms with Crippen LogP contribution in [0.25, 0.3) is 0 Å². The molecule has 0 amide bonds. The van der Waals surface area contributed by atoms with Gasteiger partial charge in [0.15, 0.2) is 0 Å². The van der Waals surface area contributed by atoms with Crippen molar-refractivity contribution < 1.29 is 14.6 Å². The molecule has 3 aromatic carbocycles. The van der Waals surface area contributed by atoms with Gasteiger partial charge in [0.05, 0.1) is 0 Å². The van der Waals surface area contributed by atoms with Crippen molar-refractivity contribution >= 4 is 0 Å². The first kappa shape index (κ1) is 31.6. The standard InChI is InChI=1S/C37H52O3/c1-11-12-13-14-15-16-17-24(2)31-18-27(5)36(28(6)19-31)40-37(9,10)32-20-29(7)35(30(8)21-32)39-33-22-25(3)34(38)26(4)23-33/h18-24,38H,11-17H2,1-10H3. The van der Waals surface area contributed by atoms with Crippen LogP contribution < -0.4 is 9.47 Å². The Morgan fingerprint density at radius 1 is 0.675 bits per heavy atom. The number of rotatable bonds is 13. The average molecular weight is 545 g/mol. The summed E-state index contributed by atoms with van der Waals surface area (Å²) in [6, 6.07) is 12.8. The molecule has 0 spiro atoms. The molecule has 0 aromatic heterocycles. The van der Waals surface area contributed by atoms with Crippen LogP contribution in [0.5, 0.6) is 23.0 Å². The third-order valence-corrected chi connectivity index (χ3v) is 8.24. The van der Waals surface area contributed by atoms with Crippen LogP contribution in [0.2, 0.25) is 0 Å². The zero-order chi connectivity index (χ0) is 29.6. The van der Waals surface area contributed by atoms with Crippen molar-refractivity contribution in [2.75, 3.05) is 0 Å². The highest BCUT2D eigenvalue weighted by molar-refractivity contribution is 5.51. The van der Waals surface area contributed by atoms with Gasteiger partial charge in [0.2, 0.25) is 0 Å². The Kier molecular flexibility index (Phi) is 10.8. The molecule has 3 heteroatoms. The van der Waals surface area contributed by atoms with Crippen molar-refractivity contribution in [1.29, 1.82) is 0 Å². The molecule has 3 aromatic rings. The van der Waals surface area contributed by atoms with Crippen molar-refractivity contribution in [2.45, 2.75) is 126 Å². The fraction of sp³-hybridized carbons (Fsp3) is 0.514. The van der Waals surface area contributed by atoms with Gasteiger partial charge in [0.1, 0.15) is 28.6 Å². The Bertz CT molecular complexity index is 1230. The number of benzene rings is 3. The van der Waals surface area contributed by atoms with Gasteiger partial charge in [-0.1, -0.05) is 64.5 Å². The first-order chi connectivity index (χ1) is 18.8. The molecule has 0 radical (unpaired) electrons. The van der Waals surface area contributed by atoms with Crippen LogP contribution in [0.3, 0.4) is 0 Å². The first-order valence-electron chi connectivity index (χ1n) is 15.2. The van der Waals surface area contributed by atoms with Gasteiger partial charge in [-0.05, 0) is 137 Å². The lowest BCUT2D eigenvalue weighted by Crippen LogP contribution is -2.26. The number of unbranched alkanes of at least 4 members (excludes halogenated alkanes) is 5. The number of hydrogen-bond acceptors (Lipinski definition) is 3. The van der Waals surface area contributed by atoms with E-state index in [9.17, 15) is 5.11 Å². The maximum atomic E-state index is 10.1. The van der Waals surface area contributed by atoms with E-state index >= 15 is 0 Å². The van der Waals surface area contributed by atoms with E-state index in [1.807, 2.05) is 26.0 Å². The third-order valence-electron chi connectivity index (χ3n) is 8.24. The fourth-order valence-electron chi connectivity index (χ4n) is 5.69. The van der Waals surface area contributed by atoms with Gasteiger partial charge in [0.25, 0.3) is 0 Å². The maximum Gasteiger partial charge on any atom is 0.133 e. The SMILES string of the molecule is CCCCCCCCC(C)c1cc(C)c(OC(C)(C)c2cc(C)c(Oc3cc(C)c(O)c(C)c3)c(C)c2)c(C)c1. The molecule has 1 N–H and O–H groups in total. The Morgan fingerprint density at radius 3 is 1.73 bits per heavy atom. The number of phenolic OH excluding ortho intramolecular Hbond substituents is 1. The van der Waals surface area contributed by atoms with Gasteiger partial charge in [-0.3, -0.25) is 0 Å². The van der Waals surface area contributed by atoms with Crippen LogP contribution >= 0.6 is 0 Å². The summed E-state index contributed by atoms with van der Waals surface area (Å²) in [6.07, 6.45) is 9.29. The van der Waals surface area contributed by atoms with Gasteiger partial charge < -0.3 is 14.6 Å². The second-order valence-corrected chi connectivity index (χ2v) is 12.5. The van der Waals surface area contributed by atoms with E-state index in [1.54, 1.807) is 0 Å². The monoisotopic (exact) mass is 544 g/mol. The fourth-order valence-corrected chi connectivity index (χ4v) is 5.69. The van der Waals surface area contributed by atoms with Crippen molar-refractivity contribution in [3.63, 3.8) is 0 Å². The summed E-state index contributed by atoms with van der Waals surface area (Å²) in [4.78, 5) is 0. The molecule has 0 saturated carbocycles. The van der Waals surface area contributed by atoms with Crippen LogP contribution in [-0.4, -0.2) is 5.11 Å². The van der Waals surface area contributed by atoms with E-state index in [2.05, 4.69) is 79.7 Å². The van der Waals surface area contributed by atoms with Crippen molar-refractivity contribution in [3.8, 4) is 23.0 Å². The molecule has 0 fully saturated rings. The number of aryl methyl sites for hydroxylation is 6. The highest BCUT2D eigenvalue weighted by atomic mass is 16.5. The minimum atomic E-state index is -0.513. The van der Waals surface area contributed by atoms with Crippen LogP contribution in [0.1, 0.15) is 123 Å². The van der Waals surface area contributed by atoms with Gasteiger partial charge in [0, 0.05) is 0 Å². The van der Waals surface area contributed by atoms with Gasteiger partial charge in [-0.25, -0.2) is 0 Å². The summed E-state index contributed by atoms with van der Waals surface area (Å²) in [7, 11) is 0. The van der Waals surface area contributed by atoms with Crippen molar-refractivity contribution in [3.05, 3.63) is 80.9 Å². The molecule has 0 aliphatic carbocycles. The van der Waals surface area contributed by atoms with E-state index in [4.69, 9.17) is 9.47 Å². The first-order valence-corrected chi connectivity index (χ1v) is 15.2. The zero-order valence-electron chi connectivity index (χ0n) is 26.8. The van der Waals surface area contributed by atoms with Gasteiger partial charge >= 0.3 is 0 Å². The molecule has 40 heavy (non-hydrogen) atoms. The highest BCUT2D eigenvalue weighted by Crippen LogP contribution is 2.39. The summed E-state index contributed by atoms with van der Waals surface area (Å²) >= 11 is 0. The number of phenols is 1. The predicted octanol–water partition coefficient (Wildman–Crippen LogP) is 11.2. The molecular weight excluding hydrogens is 492 g/mol. The lowest BCUT2D eigenvalue weighted by Gasteiger charge is -2.30. The van der Waals surface area contributed by atoms with Crippen LogP contribution in [-0.2, 0) is 5.60 Å². The smallest absolute Gasteiger partial charge is 0.133 e. The molecule has 218 valence electrons. The molecule has 0 saturated heterocycles. The molecule has 0 aliphatic heterocycles. The second-order valence-electron chi connectivity index (χ2n) is 12.5. The lowest BCUT2D eigenvalue weighted by molar-refractivity contribution is 0.106. The van der Waals surface area contributed by atoms with E-state index in [-0.39, 0.29) is 0 Å². The highest BCUT2D eigenvalue weighted by Gasteiger charge is 2.27. The Morgan fingerprint density at radius 2 is 1.18 bits per heavy atom. The summed E-state index contributed by atoms with van der Waals surface area (Å²) in [5.41, 5.74) is 8.16. The van der Waals surface area contributed by atoms with Crippen LogP contribution in [0, 0.1) is 41.5 Å². The van der Waals surface area contributed by atoms with Crippen molar-refractivity contribution in [2.24, 2.45) is 0 Å². The minimum absolute atomic E-state index is 0.320. The average Bonchev–Trinajstić information content (AvgIpc) is 2.88. The summed E-state index contributed by atoms with van der Waals surface area (Å²) in [5.74, 6) is 3.44. The number of ether oxygens (including phenoxy) is 2. The normalized spacial score (nSPS) is 12.4. The minimum Gasteiger partial charge on any atom is -0.507 e. The van der Waals surface area contributed by atoms with Crippen LogP contribution in [0.15, 0.2) is 36.4 Å². The number of aromatic hydroxyl groups is 1. The Balaban J connectivity index is 1.75. The largest absolute Gasteiger partial charge is 0.507 e. The number of hydrogen-bond donors (Lipinski definition) is 1. The van der Waals surface area contributed by atoms with Gasteiger partial charge in [-0.2, -0.15) is 0 Å². The maximum absolute atomic E-state index is 10.1. The van der Waals surface area contributed by atoms with Crippen LogP contribution in [0.4, 0.5) is 0 Å². The summed E-state index contributed by atoms with van der Waals surface area (Å²) in [6.45, 7) is 21.2. The third kappa shape index (κ3) is 7.83. The molecule has 3 rings (SSSR count). The molecule has 3 nitrogen and oxygen atoms in total. The predicted molar refractivity (Wildman–Crippen MR) is 170 cm³/mol. The van der Waals surface area contributed by atoms with E-state index in [0.29, 0.717) is 11.7 Å². The topological polar surface area (TPSA) is 38.7 Å². The molecule has 0 bridgehead atoms. The van der Waals surface area contributed by atoms with Gasteiger partial charge in [-0.15, -0.1) is 0 Å². The zero-order valence-corrected chi connectivity index (χ0v) is 26.8. The van der Waals surface area contributed by atoms with E-state index in [0.717, 1.165) is 45.1 Å². The summed E-state index contributed by atoms with van der Waals surface area (Å²) in [5, 5.41) is 10.1. The molecular formula is C37H52O3. The summed E-state index contributed by atoms with van der Waals surface area (Å²) < 4.78 is 13.1. The lowest BCUT2D eigenvalue weighted by atomic mass is 9.91. The molecule has 1 atom stereocenters. The van der Waals surface area contributed by atoms with E-state index in [1.165, 1.54) is 61.6 Å². The Labute approximate surface area is 244 Å². The molecule has 0 aliphatic rings. The van der Waals surface area contributed by atoms with Crippen molar-refractivity contribution in [1.82, 2.24) is 0 Å². The molecule has 0 heterocycles. The Hall–Kier alpha value is -2.94. The quantitative estimate of drug-likeness (QED) is 0.217.